The van der Waals surface area contributed by atoms with Crippen molar-refractivity contribution in [3.8, 4) is 0 Å². The molecule has 1 aliphatic heterocycles. The Morgan fingerprint density at radius 3 is 2.41 bits per heavy atom. The second-order valence-electron chi connectivity index (χ2n) is 6.36. The molecule has 7 heteroatoms. The highest BCUT2D eigenvalue weighted by Crippen LogP contribution is 2.28. The van der Waals surface area contributed by atoms with Crippen LogP contribution in [-0.4, -0.2) is 40.3 Å². The van der Waals surface area contributed by atoms with E-state index in [1.165, 1.54) is 11.8 Å². The molecule has 3 rings (SSSR count). The van der Waals surface area contributed by atoms with Crippen LogP contribution in [0.15, 0.2) is 54.6 Å². The summed E-state index contributed by atoms with van der Waals surface area (Å²) in [5.74, 6) is -1.26. The first kappa shape index (κ1) is 19.1. The van der Waals surface area contributed by atoms with Crippen molar-refractivity contribution in [2.45, 2.75) is 25.5 Å². The van der Waals surface area contributed by atoms with Gasteiger partial charge in [0.15, 0.2) is 0 Å². The number of imide groups is 1. The molecule has 1 saturated heterocycles. The smallest absolute Gasteiger partial charge is 0.257 e. The number of rotatable bonds is 5. The summed E-state index contributed by atoms with van der Waals surface area (Å²) in [4.78, 5) is 39.8. The van der Waals surface area contributed by atoms with E-state index in [2.05, 4.69) is 0 Å². The molecule has 2 atom stereocenters. The minimum Gasteiger partial charge on any atom is -0.387 e. The van der Waals surface area contributed by atoms with Crippen molar-refractivity contribution in [2.75, 3.05) is 11.4 Å². The molecule has 0 bridgehead atoms. The summed E-state index contributed by atoms with van der Waals surface area (Å²) in [6.45, 7) is 1.25. The van der Waals surface area contributed by atoms with E-state index in [1.807, 2.05) is 6.07 Å². The number of carbonyl (C=O) groups excluding carboxylic acids is 3. The van der Waals surface area contributed by atoms with Gasteiger partial charge in [-0.05, 0) is 29.8 Å². The number of carbonyl (C=O) groups is 3. The molecule has 0 aliphatic carbocycles. The van der Waals surface area contributed by atoms with Crippen molar-refractivity contribution in [1.29, 1.82) is 0 Å². The van der Waals surface area contributed by atoms with E-state index in [4.69, 9.17) is 11.6 Å². The molecule has 0 saturated carbocycles. The quantitative estimate of drug-likeness (QED) is 0.801. The molecule has 1 N–H and O–H groups in total. The Balaban J connectivity index is 1.82. The van der Waals surface area contributed by atoms with Crippen molar-refractivity contribution >= 4 is 35.0 Å². The lowest BCUT2D eigenvalue weighted by Gasteiger charge is -2.28. The molecule has 27 heavy (non-hydrogen) atoms. The summed E-state index contributed by atoms with van der Waals surface area (Å²) < 4.78 is 0. The molecule has 2 aromatic rings. The first-order valence-corrected chi connectivity index (χ1v) is 8.89. The number of benzene rings is 2. The van der Waals surface area contributed by atoms with Crippen LogP contribution in [0.1, 0.15) is 25.0 Å². The summed E-state index contributed by atoms with van der Waals surface area (Å²) in [7, 11) is 0. The zero-order valence-corrected chi connectivity index (χ0v) is 15.5. The number of aliphatic hydroxyl groups excluding tert-OH is 1. The molecule has 6 nitrogen and oxygen atoms in total. The number of nitrogens with zero attached hydrogens (tertiary/aromatic N) is 2. The molecule has 140 valence electrons. The second kappa shape index (κ2) is 7.90. The molecular weight excluding hydrogens is 368 g/mol. The van der Waals surface area contributed by atoms with Crippen LogP contribution >= 0.6 is 11.6 Å². The molecule has 0 spiro atoms. The number of halogens is 1. The van der Waals surface area contributed by atoms with E-state index in [0.717, 1.165) is 4.90 Å². The van der Waals surface area contributed by atoms with Crippen LogP contribution in [0.2, 0.25) is 5.02 Å². The van der Waals surface area contributed by atoms with Crippen LogP contribution in [0.4, 0.5) is 5.69 Å². The summed E-state index contributed by atoms with van der Waals surface area (Å²) in [5.41, 5.74) is 1.04. The van der Waals surface area contributed by atoms with Crippen molar-refractivity contribution in [1.82, 2.24) is 4.90 Å². The Morgan fingerprint density at radius 1 is 1.19 bits per heavy atom. The summed E-state index contributed by atoms with van der Waals surface area (Å²) in [5, 5.41) is 10.9. The van der Waals surface area contributed by atoms with Gasteiger partial charge in [0.2, 0.25) is 11.8 Å². The third-order valence-corrected chi connectivity index (χ3v) is 4.79. The average Bonchev–Trinajstić information content (AvgIpc) is 2.95. The van der Waals surface area contributed by atoms with Crippen LogP contribution in [0.5, 0.6) is 0 Å². The molecule has 1 fully saturated rings. The molecule has 1 aliphatic rings. The van der Waals surface area contributed by atoms with Crippen LogP contribution in [-0.2, 0) is 14.4 Å². The lowest BCUT2D eigenvalue weighted by molar-refractivity contribution is -0.138. The predicted octanol–water partition coefficient (Wildman–Crippen LogP) is 2.55. The summed E-state index contributed by atoms with van der Waals surface area (Å²) in [6, 6.07) is 14.3. The maximum atomic E-state index is 12.9. The predicted molar refractivity (Wildman–Crippen MR) is 101 cm³/mol. The van der Waals surface area contributed by atoms with Crippen LogP contribution < -0.4 is 4.90 Å². The number of anilines is 1. The minimum absolute atomic E-state index is 0.0719. The summed E-state index contributed by atoms with van der Waals surface area (Å²) >= 11 is 5.86. The largest absolute Gasteiger partial charge is 0.387 e. The fraction of sp³-hybridized carbons (Fsp3) is 0.250. The van der Waals surface area contributed by atoms with E-state index in [1.54, 1.807) is 48.5 Å². The van der Waals surface area contributed by atoms with Crippen LogP contribution in [0.3, 0.4) is 0 Å². The number of hydrogen-bond acceptors (Lipinski definition) is 4. The van der Waals surface area contributed by atoms with Gasteiger partial charge >= 0.3 is 0 Å². The van der Waals surface area contributed by atoms with Gasteiger partial charge in [0, 0.05) is 11.9 Å². The number of amides is 3. The fourth-order valence-electron chi connectivity index (χ4n) is 3.16. The van der Waals surface area contributed by atoms with Crippen molar-refractivity contribution in [3.63, 3.8) is 0 Å². The molecule has 0 aromatic heterocycles. The standard InChI is InChI=1S/C20H19ClN2O4/c1-13(24)22(12-18(25)14-5-3-2-4-6-14)17-11-19(26)23(20(17)27)16-9-7-15(21)8-10-16/h2-10,17-18,25H,11-12H2,1H3/t17-,18+/m1/s1. The lowest BCUT2D eigenvalue weighted by Crippen LogP contribution is -2.46. The Hall–Kier alpha value is -2.70. The topological polar surface area (TPSA) is 77.9 Å². The molecular formula is C20H19ClN2O4. The van der Waals surface area contributed by atoms with Crippen molar-refractivity contribution in [2.24, 2.45) is 0 Å². The minimum atomic E-state index is -0.956. The second-order valence-corrected chi connectivity index (χ2v) is 6.80. The molecule has 0 unspecified atom stereocenters. The first-order valence-electron chi connectivity index (χ1n) is 8.51. The van der Waals surface area contributed by atoms with Gasteiger partial charge in [0.1, 0.15) is 6.04 Å². The highest BCUT2D eigenvalue weighted by atomic mass is 35.5. The van der Waals surface area contributed by atoms with E-state index in [0.29, 0.717) is 16.3 Å². The van der Waals surface area contributed by atoms with Gasteiger partial charge in [-0.3, -0.25) is 14.4 Å². The highest BCUT2D eigenvalue weighted by molar-refractivity contribution is 6.30. The number of hydrogen-bond donors (Lipinski definition) is 1. The highest BCUT2D eigenvalue weighted by Gasteiger charge is 2.44. The van der Waals surface area contributed by atoms with Crippen LogP contribution in [0, 0.1) is 0 Å². The third-order valence-electron chi connectivity index (χ3n) is 4.54. The first-order chi connectivity index (χ1) is 12.9. The zero-order valence-electron chi connectivity index (χ0n) is 14.7. The monoisotopic (exact) mass is 386 g/mol. The average molecular weight is 387 g/mol. The molecule has 0 radical (unpaired) electrons. The van der Waals surface area contributed by atoms with Gasteiger partial charge in [-0.15, -0.1) is 0 Å². The van der Waals surface area contributed by atoms with E-state index in [-0.39, 0.29) is 18.9 Å². The molecule has 2 aromatic carbocycles. The molecule has 1 heterocycles. The third kappa shape index (κ3) is 4.02. The zero-order chi connectivity index (χ0) is 19.6. The Morgan fingerprint density at radius 2 is 1.81 bits per heavy atom. The normalized spacial score (nSPS) is 17.9. The van der Waals surface area contributed by atoms with Gasteiger partial charge in [0.25, 0.3) is 5.91 Å². The van der Waals surface area contributed by atoms with Gasteiger partial charge in [-0.1, -0.05) is 41.9 Å². The van der Waals surface area contributed by atoms with Gasteiger partial charge in [-0.2, -0.15) is 0 Å². The Labute approximate surface area is 162 Å². The lowest BCUT2D eigenvalue weighted by atomic mass is 10.1. The van der Waals surface area contributed by atoms with E-state index >= 15 is 0 Å². The van der Waals surface area contributed by atoms with E-state index < -0.39 is 24.0 Å². The van der Waals surface area contributed by atoms with Crippen LogP contribution in [0.25, 0.3) is 0 Å². The Kier molecular flexibility index (Phi) is 5.58. The molecule has 3 amide bonds. The maximum Gasteiger partial charge on any atom is 0.257 e. The summed E-state index contributed by atoms with van der Waals surface area (Å²) in [6.07, 6.45) is -1.08. The maximum absolute atomic E-state index is 12.9. The number of aliphatic hydroxyl groups is 1. The van der Waals surface area contributed by atoms with E-state index in [9.17, 15) is 19.5 Å². The fourth-order valence-corrected chi connectivity index (χ4v) is 3.29. The van der Waals surface area contributed by atoms with Gasteiger partial charge in [-0.25, -0.2) is 4.90 Å². The van der Waals surface area contributed by atoms with Crippen molar-refractivity contribution < 1.29 is 19.5 Å². The SMILES string of the molecule is CC(=O)N(C[C@H](O)c1ccccc1)[C@@H]1CC(=O)N(c2ccc(Cl)cc2)C1=O. The van der Waals surface area contributed by atoms with Gasteiger partial charge < -0.3 is 10.0 Å². The van der Waals surface area contributed by atoms with Crippen molar-refractivity contribution in [3.05, 3.63) is 65.2 Å². The van der Waals surface area contributed by atoms with Gasteiger partial charge in [0.05, 0.1) is 24.8 Å². The Bertz CT molecular complexity index is 854.